The highest BCUT2D eigenvalue weighted by molar-refractivity contribution is 14.0. The summed E-state index contributed by atoms with van der Waals surface area (Å²) >= 11 is 0. The SMILES string of the molecule is CCNC(=NCc1ccc(S(C)(=O)=O)c(C)c1)NCc1ccc(OC)c(O)c1.I. The third-order valence-corrected chi connectivity index (χ3v) is 5.36. The molecule has 0 spiro atoms. The zero-order valence-corrected chi connectivity index (χ0v) is 20.2. The largest absolute Gasteiger partial charge is 0.504 e. The molecule has 29 heavy (non-hydrogen) atoms. The number of phenols is 1. The maximum absolute atomic E-state index is 11.7. The van der Waals surface area contributed by atoms with Gasteiger partial charge in [-0.25, -0.2) is 13.4 Å². The number of aromatic hydroxyl groups is 1. The Bertz CT molecular complexity index is 962. The van der Waals surface area contributed by atoms with E-state index in [0.29, 0.717) is 41.8 Å². The Morgan fingerprint density at radius 2 is 1.83 bits per heavy atom. The van der Waals surface area contributed by atoms with E-state index in [1.165, 1.54) is 13.4 Å². The Hall–Kier alpha value is -2.01. The molecule has 0 radical (unpaired) electrons. The zero-order valence-electron chi connectivity index (χ0n) is 17.0. The smallest absolute Gasteiger partial charge is 0.191 e. The van der Waals surface area contributed by atoms with Crippen LogP contribution in [0.15, 0.2) is 46.3 Å². The van der Waals surface area contributed by atoms with Crippen LogP contribution in [0.4, 0.5) is 0 Å². The first-order chi connectivity index (χ1) is 13.2. The van der Waals surface area contributed by atoms with Crippen molar-refractivity contribution in [3.63, 3.8) is 0 Å². The predicted octanol–water partition coefficient (Wildman–Crippen LogP) is 2.99. The molecule has 0 amide bonds. The number of hydrogen-bond acceptors (Lipinski definition) is 5. The van der Waals surface area contributed by atoms with E-state index >= 15 is 0 Å². The van der Waals surface area contributed by atoms with Crippen LogP contribution in [0.25, 0.3) is 0 Å². The van der Waals surface area contributed by atoms with Crippen LogP contribution in [0, 0.1) is 6.92 Å². The minimum absolute atomic E-state index is 0. The van der Waals surface area contributed by atoms with Gasteiger partial charge in [0, 0.05) is 19.3 Å². The van der Waals surface area contributed by atoms with Crippen LogP contribution < -0.4 is 15.4 Å². The first kappa shape index (κ1) is 25.0. The quantitative estimate of drug-likeness (QED) is 0.288. The lowest BCUT2D eigenvalue weighted by Crippen LogP contribution is -2.36. The molecule has 0 unspecified atom stereocenters. The first-order valence-corrected chi connectivity index (χ1v) is 10.8. The van der Waals surface area contributed by atoms with Crippen molar-refractivity contribution in [1.29, 1.82) is 0 Å². The number of rotatable bonds is 7. The molecule has 9 heteroatoms. The standard InChI is InChI=1S/C20H27N3O4S.HI/c1-5-21-20(23-13-16-6-8-18(27-3)17(24)11-16)22-12-15-7-9-19(14(2)10-15)28(4,25)26;/h6-11,24H,5,12-13H2,1-4H3,(H2,21,22,23);1H. The Morgan fingerprint density at radius 3 is 2.38 bits per heavy atom. The monoisotopic (exact) mass is 533 g/mol. The number of benzene rings is 2. The number of ether oxygens (including phenoxy) is 1. The number of hydrogen-bond donors (Lipinski definition) is 3. The van der Waals surface area contributed by atoms with E-state index in [1.54, 1.807) is 31.2 Å². The molecule has 0 aromatic heterocycles. The number of nitrogens with zero attached hydrogens (tertiary/aromatic N) is 1. The molecule has 0 saturated heterocycles. The van der Waals surface area contributed by atoms with Crippen LogP contribution in [0.3, 0.4) is 0 Å². The summed E-state index contributed by atoms with van der Waals surface area (Å²) in [5.41, 5.74) is 2.52. The van der Waals surface area contributed by atoms with Gasteiger partial charge in [-0.3, -0.25) is 0 Å². The van der Waals surface area contributed by atoms with Gasteiger partial charge in [-0.05, 0) is 48.7 Å². The number of phenolic OH excluding ortho intramolecular Hbond substituents is 1. The summed E-state index contributed by atoms with van der Waals surface area (Å²) in [7, 11) is -1.72. The van der Waals surface area contributed by atoms with Crippen molar-refractivity contribution >= 4 is 39.8 Å². The van der Waals surface area contributed by atoms with E-state index < -0.39 is 9.84 Å². The third-order valence-electron chi connectivity index (χ3n) is 4.11. The second kappa shape index (κ2) is 11.2. The molecule has 0 aliphatic carbocycles. The van der Waals surface area contributed by atoms with Gasteiger partial charge in [-0.1, -0.05) is 18.2 Å². The van der Waals surface area contributed by atoms with Gasteiger partial charge in [0.15, 0.2) is 27.3 Å². The molecule has 2 aromatic rings. The molecule has 0 aliphatic heterocycles. The number of aryl methyl sites for hydroxylation is 1. The summed E-state index contributed by atoms with van der Waals surface area (Å²) in [5, 5.41) is 16.3. The predicted molar refractivity (Wildman–Crippen MR) is 126 cm³/mol. The molecule has 2 rings (SSSR count). The number of sulfone groups is 1. The maximum atomic E-state index is 11.7. The Balaban J connectivity index is 0.00000420. The molecule has 0 fully saturated rings. The molecule has 2 aromatic carbocycles. The molecule has 0 atom stereocenters. The second-order valence-corrected chi connectivity index (χ2v) is 8.41. The molecule has 3 N–H and O–H groups in total. The molecule has 0 aliphatic rings. The zero-order chi connectivity index (χ0) is 20.7. The normalized spacial score (nSPS) is 11.5. The molecule has 160 valence electrons. The lowest BCUT2D eigenvalue weighted by atomic mass is 10.1. The highest BCUT2D eigenvalue weighted by Gasteiger charge is 2.11. The van der Waals surface area contributed by atoms with Gasteiger partial charge in [-0.2, -0.15) is 0 Å². The van der Waals surface area contributed by atoms with Crippen molar-refractivity contribution in [2.75, 3.05) is 19.9 Å². The Kier molecular flexibility index (Phi) is 9.71. The van der Waals surface area contributed by atoms with Crippen molar-refractivity contribution in [1.82, 2.24) is 10.6 Å². The fraction of sp³-hybridized carbons (Fsp3) is 0.350. The second-order valence-electron chi connectivity index (χ2n) is 6.43. The maximum Gasteiger partial charge on any atom is 0.191 e. The summed E-state index contributed by atoms with van der Waals surface area (Å²) in [6, 6.07) is 10.5. The molecule has 0 saturated carbocycles. The van der Waals surface area contributed by atoms with Gasteiger partial charge in [0.05, 0.1) is 18.6 Å². The van der Waals surface area contributed by atoms with Crippen LogP contribution in [-0.2, 0) is 22.9 Å². The summed E-state index contributed by atoms with van der Waals surface area (Å²) in [6.07, 6.45) is 1.21. The van der Waals surface area contributed by atoms with Crippen molar-refractivity contribution in [2.24, 2.45) is 4.99 Å². The summed E-state index contributed by atoms with van der Waals surface area (Å²) in [5.74, 6) is 1.14. The van der Waals surface area contributed by atoms with Crippen molar-refractivity contribution in [2.45, 2.75) is 31.8 Å². The van der Waals surface area contributed by atoms with Gasteiger partial charge in [0.25, 0.3) is 0 Å². The van der Waals surface area contributed by atoms with Crippen molar-refractivity contribution in [3.05, 3.63) is 53.1 Å². The van der Waals surface area contributed by atoms with Crippen LogP contribution in [0.1, 0.15) is 23.6 Å². The van der Waals surface area contributed by atoms with Gasteiger partial charge in [0.2, 0.25) is 0 Å². The Labute approximate surface area is 189 Å². The van der Waals surface area contributed by atoms with E-state index in [2.05, 4.69) is 15.6 Å². The van der Waals surface area contributed by atoms with Crippen LogP contribution in [-0.4, -0.2) is 39.4 Å². The highest BCUT2D eigenvalue weighted by Crippen LogP contribution is 2.26. The van der Waals surface area contributed by atoms with Crippen LogP contribution in [0.2, 0.25) is 0 Å². The molecule has 0 heterocycles. The topological polar surface area (TPSA) is 100 Å². The highest BCUT2D eigenvalue weighted by atomic mass is 127. The number of aliphatic imine (C=N–C) groups is 1. The van der Waals surface area contributed by atoms with E-state index in [0.717, 1.165) is 11.1 Å². The average molecular weight is 533 g/mol. The molecular weight excluding hydrogens is 505 g/mol. The van der Waals surface area contributed by atoms with E-state index in [-0.39, 0.29) is 29.7 Å². The number of nitrogens with one attached hydrogen (secondary N) is 2. The molecule has 0 bridgehead atoms. The van der Waals surface area contributed by atoms with Gasteiger partial charge >= 0.3 is 0 Å². The van der Waals surface area contributed by atoms with Crippen LogP contribution >= 0.6 is 24.0 Å². The summed E-state index contributed by atoms with van der Waals surface area (Å²) in [6.45, 7) is 5.35. The van der Waals surface area contributed by atoms with Crippen molar-refractivity contribution < 1.29 is 18.3 Å². The third kappa shape index (κ3) is 7.39. The van der Waals surface area contributed by atoms with E-state index in [4.69, 9.17) is 4.74 Å². The van der Waals surface area contributed by atoms with Gasteiger partial charge in [0.1, 0.15) is 0 Å². The minimum atomic E-state index is -3.23. The van der Waals surface area contributed by atoms with Gasteiger partial charge < -0.3 is 20.5 Å². The fourth-order valence-corrected chi connectivity index (χ4v) is 3.73. The summed E-state index contributed by atoms with van der Waals surface area (Å²) < 4.78 is 28.5. The van der Waals surface area contributed by atoms with Gasteiger partial charge in [-0.15, -0.1) is 24.0 Å². The Morgan fingerprint density at radius 1 is 1.14 bits per heavy atom. The van der Waals surface area contributed by atoms with Crippen LogP contribution in [0.5, 0.6) is 11.5 Å². The average Bonchev–Trinajstić information content (AvgIpc) is 2.63. The number of methoxy groups -OCH3 is 1. The molecule has 7 nitrogen and oxygen atoms in total. The number of halogens is 1. The fourth-order valence-electron chi connectivity index (χ4n) is 2.77. The number of guanidine groups is 1. The van der Waals surface area contributed by atoms with E-state index in [9.17, 15) is 13.5 Å². The minimum Gasteiger partial charge on any atom is -0.504 e. The lowest BCUT2D eigenvalue weighted by molar-refractivity contribution is 0.373. The lowest BCUT2D eigenvalue weighted by Gasteiger charge is -2.12. The molecular formula is C20H28IN3O4S. The van der Waals surface area contributed by atoms with Crippen molar-refractivity contribution in [3.8, 4) is 11.5 Å². The summed E-state index contributed by atoms with van der Waals surface area (Å²) in [4.78, 5) is 4.88. The van der Waals surface area contributed by atoms with E-state index in [1.807, 2.05) is 19.1 Å². The first-order valence-electron chi connectivity index (χ1n) is 8.92.